The summed E-state index contributed by atoms with van der Waals surface area (Å²) < 4.78 is 19.7. The molecule has 53 heavy (non-hydrogen) atoms. The molecule has 0 N–H and O–H groups in total. The molecule has 0 fully saturated rings. The van der Waals surface area contributed by atoms with Crippen molar-refractivity contribution >= 4 is 24.3 Å². The molecular formula is C48H51IrN3Si-2. The summed E-state index contributed by atoms with van der Waals surface area (Å²) in [6.07, 6.45) is 1.89. The van der Waals surface area contributed by atoms with E-state index in [4.69, 9.17) is 7.73 Å². The molecule has 0 aliphatic rings. The van der Waals surface area contributed by atoms with Gasteiger partial charge in [-0.3, -0.25) is 4.98 Å². The fraction of sp³-hybridized carbons (Fsp3) is 0.250. The molecule has 7 rings (SSSR count). The zero-order chi connectivity index (χ0) is 38.5. The van der Waals surface area contributed by atoms with Crippen LogP contribution >= 0.6 is 0 Å². The molecule has 0 aliphatic heterocycles. The Balaban J connectivity index is 0.000000210. The van der Waals surface area contributed by atoms with Crippen molar-refractivity contribution in [1.29, 1.82) is 0 Å². The molecule has 0 unspecified atom stereocenters. The zero-order valence-corrected chi connectivity index (χ0v) is 35.4. The van der Waals surface area contributed by atoms with Gasteiger partial charge in [-0.1, -0.05) is 132 Å². The fourth-order valence-electron chi connectivity index (χ4n) is 7.25. The second-order valence-electron chi connectivity index (χ2n) is 13.9. The molecule has 3 nitrogen and oxygen atoms in total. The van der Waals surface area contributed by atoms with Crippen LogP contribution in [0.1, 0.15) is 74.1 Å². The number of imidazole rings is 1. The fourth-order valence-corrected chi connectivity index (χ4v) is 10.8. The van der Waals surface area contributed by atoms with Gasteiger partial charge in [-0.05, 0) is 57.9 Å². The number of nitrogens with zero attached hydrogens (tertiary/aromatic N) is 3. The number of rotatable bonds is 10. The summed E-state index contributed by atoms with van der Waals surface area (Å²) in [6, 6.07) is 53.8. The maximum atomic E-state index is 8.80. The molecule has 0 amide bonds. The molecule has 0 saturated carbocycles. The van der Waals surface area contributed by atoms with Crippen LogP contribution in [0.15, 0.2) is 134 Å². The Morgan fingerprint density at radius 1 is 0.660 bits per heavy atom. The Labute approximate surface area is 334 Å². The van der Waals surface area contributed by atoms with E-state index in [9.17, 15) is 0 Å². The van der Waals surface area contributed by atoms with E-state index in [0.29, 0.717) is 0 Å². The molecule has 0 saturated heterocycles. The van der Waals surface area contributed by atoms with E-state index in [1.54, 1.807) is 5.19 Å². The zero-order valence-electron chi connectivity index (χ0n) is 34.0. The number of fused-ring (bicyclic) bond motifs is 1. The SMILES string of the molecule is CC[Si](CC)(CC)c1ccc(-c2ccnc(-c3[c-]cccc3)c2)cc1.[2H]C(C)(C)c1cccc(C([2H])(C)C)c1-n1c(-c2[c-]cccc2)nc2ccccc21.[Ir]. The van der Waals surface area contributed by atoms with E-state index in [2.05, 4.69) is 84.9 Å². The normalized spacial score (nSPS) is 12.3. The van der Waals surface area contributed by atoms with Gasteiger partial charge in [-0.2, -0.15) is 0 Å². The molecule has 2 aromatic heterocycles. The second-order valence-corrected chi connectivity index (χ2v) is 19.1. The molecule has 0 atom stereocenters. The molecule has 273 valence electrons. The van der Waals surface area contributed by atoms with Gasteiger partial charge in [-0.25, -0.2) is 0 Å². The Morgan fingerprint density at radius 2 is 1.25 bits per heavy atom. The monoisotopic (exact) mass is 892 g/mol. The topological polar surface area (TPSA) is 30.7 Å². The molecule has 0 bridgehead atoms. The second kappa shape index (κ2) is 18.1. The summed E-state index contributed by atoms with van der Waals surface area (Å²) in [7, 11) is -1.30. The third-order valence-corrected chi connectivity index (χ3v) is 16.1. The van der Waals surface area contributed by atoms with Gasteiger partial charge < -0.3 is 9.55 Å². The number of benzene rings is 5. The van der Waals surface area contributed by atoms with Crippen LogP contribution in [-0.2, 0) is 20.1 Å². The minimum atomic E-state index is -1.30. The molecule has 5 heteroatoms. The van der Waals surface area contributed by atoms with E-state index >= 15 is 0 Å². The molecule has 2 heterocycles. The van der Waals surface area contributed by atoms with Crippen molar-refractivity contribution in [1.82, 2.24) is 14.5 Å². The third kappa shape index (κ3) is 8.54. The van der Waals surface area contributed by atoms with Crippen LogP contribution in [-0.4, -0.2) is 22.6 Å². The van der Waals surface area contributed by atoms with Gasteiger partial charge in [-0.15, -0.1) is 71.8 Å². The standard InChI is InChI=1S/C25H25N2.C23H26NSi.Ir/c1-17(2)20-13-10-14-21(18(3)4)24(20)27-23-16-9-8-15-22(23)26-25(27)19-11-6-5-7-12-19;1-4-25(5-2,6-3)22-14-12-19(13-15-22)21-16-17-24-23(18-21)20-10-8-7-9-11-20;/h5-11,13-18H,1-4H3;7-10,12-18H,4-6H2,1-3H3;/q2*-1;/i17D,18D;;. The Kier molecular flexibility index (Phi) is 12.6. The van der Waals surface area contributed by atoms with Crippen molar-refractivity contribution in [3.8, 4) is 39.5 Å². The van der Waals surface area contributed by atoms with Crippen molar-refractivity contribution in [3.05, 3.63) is 157 Å². The van der Waals surface area contributed by atoms with E-state index in [1.165, 1.54) is 29.3 Å². The predicted octanol–water partition coefficient (Wildman–Crippen LogP) is 12.7. The van der Waals surface area contributed by atoms with Crippen molar-refractivity contribution in [2.75, 3.05) is 0 Å². The first-order chi connectivity index (χ1) is 25.9. The summed E-state index contributed by atoms with van der Waals surface area (Å²) in [5.74, 6) is -0.895. The first-order valence-corrected chi connectivity index (χ1v) is 21.1. The van der Waals surface area contributed by atoms with Crippen LogP contribution in [0.2, 0.25) is 18.1 Å². The van der Waals surface area contributed by atoms with Gasteiger partial charge in [0.05, 0.1) is 24.9 Å². The van der Waals surface area contributed by atoms with Gasteiger partial charge >= 0.3 is 0 Å². The number of aromatic nitrogens is 3. The van der Waals surface area contributed by atoms with Crippen molar-refractivity contribution in [2.24, 2.45) is 0 Å². The molecule has 0 spiro atoms. The Bertz CT molecular complexity index is 2260. The van der Waals surface area contributed by atoms with E-state index in [0.717, 1.165) is 50.5 Å². The van der Waals surface area contributed by atoms with Crippen LogP contribution in [0.3, 0.4) is 0 Å². The summed E-state index contributed by atoms with van der Waals surface area (Å²) in [5.41, 5.74) is 9.82. The van der Waals surface area contributed by atoms with E-state index < -0.39 is 19.9 Å². The predicted molar refractivity (Wildman–Crippen MR) is 224 cm³/mol. The van der Waals surface area contributed by atoms with Gasteiger partial charge in [0.25, 0.3) is 0 Å². The van der Waals surface area contributed by atoms with Crippen LogP contribution < -0.4 is 5.19 Å². The first-order valence-electron chi connectivity index (χ1n) is 19.5. The van der Waals surface area contributed by atoms with Crippen LogP contribution in [0.25, 0.3) is 50.5 Å². The largest absolute Gasteiger partial charge is 0.333 e. The number of hydrogen-bond donors (Lipinski definition) is 0. The molecular weight excluding hydrogens is 839 g/mol. The van der Waals surface area contributed by atoms with Gasteiger partial charge in [0.2, 0.25) is 0 Å². The van der Waals surface area contributed by atoms with E-state index in [1.807, 2.05) is 119 Å². The molecule has 5 aromatic carbocycles. The maximum absolute atomic E-state index is 8.80. The molecule has 7 aromatic rings. The van der Waals surface area contributed by atoms with Gasteiger partial charge in [0.1, 0.15) is 0 Å². The van der Waals surface area contributed by atoms with Crippen molar-refractivity contribution in [3.63, 3.8) is 0 Å². The minimum absolute atomic E-state index is 0. The molecule has 0 aliphatic carbocycles. The number of pyridine rings is 1. The summed E-state index contributed by atoms with van der Waals surface area (Å²) in [6.45, 7) is 14.6. The average Bonchev–Trinajstić information content (AvgIpc) is 3.59. The number of para-hydroxylation sites is 3. The van der Waals surface area contributed by atoms with Crippen LogP contribution in [0, 0.1) is 12.1 Å². The number of hydrogen-bond acceptors (Lipinski definition) is 2. The summed E-state index contributed by atoms with van der Waals surface area (Å²) in [5, 5.41) is 1.59. The summed E-state index contributed by atoms with van der Waals surface area (Å²) in [4.78, 5) is 9.42. The Morgan fingerprint density at radius 3 is 1.81 bits per heavy atom. The minimum Gasteiger partial charge on any atom is -0.333 e. The van der Waals surface area contributed by atoms with Gasteiger partial charge in [0.15, 0.2) is 0 Å². The first kappa shape index (κ1) is 36.9. The molecule has 1 radical (unpaired) electrons. The third-order valence-electron chi connectivity index (χ3n) is 10.5. The van der Waals surface area contributed by atoms with Crippen molar-refractivity contribution < 1.29 is 22.8 Å². The quantitative estimate of drug-likeness (QED) is 0.101. The summed E-state index contributed by atoms with van der Waals surface area (Å²) >= 11 is 0. The van der Waals surface area contributed by atoms with Crippen molar-refractivity contribution in [2.45, 2.75) is 78.4 Å². The van der Waals surface area contributed by atoms with Crippen LogP contribution in [0.4, 0.5) is 0 Å². The van der Waals surface area contributed by atoms with Crippen LogP contribution in [0.5, 0.6) is 0 Å². The van der Waals surface area contributed by atoms with E-state index in [-0.39, 0.29) is 20.1 Å². The van der Waals surface area contributed by atoms with Gasteiger partial charge in [0, 0.05) is 34.7 Å². The maximum Gasteiger partial charge on any atom is 0.0859 e. The smallest absolute Gasteiger partial charge is 0.0859 e. The average molecular weight is 892 g/mol. The Hall–Kier alpha value is -4.41.